The van der Waals surface area contributed by atoms with Gasteiger partial charge in [-0.2, -0.15) is 0 Å². The molecule has 0 aliphatic rings. The molecule has 174 valence electrons. The topological polar surface area (TPSA) is 42.9 Å². The molecule has 4 aromatic carbocycles. The Labute approximate surface area is 210 Å². The minimum absolute atomic E-state index is 0.891. The molecule has 6 rings (SSSR count). The predicted octanol–water partition coefficient (Wildman–Crippen LogP) is 8.03. The lowest BCUT2D eigenvalue weighted by atomic mass is 9.85. The van der Waals surface area contributed by atoms with E-state index >= 15 is 0 Å². The van der Waals surface area contributed by atoms with Gasteiger partial charge in [-0.3, -0.25) is 9.97 Å². The fourth-order valence-corrected chi connectivity index (χ4v) is 5.92. The molecule has 0 bridgehead atoms. The highest BCUT2D eigenvalue weighted by molar-refractivity contribution is 7.70. The van der Waals surface area contributed by atoms with Gasteiger partial charge >= 0.3 is 0 Å². The fraction of sp³-hybridized carbons (Fsp3) is 0.0625. The average molecular weight is 485 g/mol. The number of nitrogens with zero attached hydrogens (tertiary/aromatic N) is 2. The highest BCUT2D eigenvalue weighted by atomic mass is 31.2. The van der Waals surface area contributed by atoms with Gasteiger partial charge in [-0.25, -0.2) is 0 Å². The number of rotatable bonds is 4. The van der Waals surface area contributed by atoms with Gasteiger partial charge in [-0.1, -0.05) is 66.7 Å². The third-order valence-electron chi connectivity index (χ3n) is 6.73. The minimum atomic E-state index is -2.37. The molecular weight excluding hydrogens is 459 g/mol. The van der Waals surface area contributed by atoms with Crippen LogP contribution in [-0.2, 0) is 4.57 Å². The third kappa shape index (κ3) is 3.92. The van der Waals surface area contributed by atoms with Gasteiger partial charge in [0.05, 0.1) is 0 Å². The first kappa shape index (κ1) is 22.4. The van der Waals surface area contributed by atoms with Gasteiger partial charge in [0.25, 0.3) is 0 Å². The lowest BCUT2D eigenvalue weighted by molar-refractivity contribution is 0.588. The monoisotopic (exact) mass is 484 g/mol. The normalized spacial score (nSPS) is 11.7. The predicted molar refractivity (Wildman–Crippen MR) is 152 cm³/mol. The van der Waals surface area contributed by atoms with Crippen LogP contribution in [0.4, 0.5) is 0 Å². The molecule has 4 heteroatoms. The van der Waals surface area contributed by atoms with Crippen LogP contribution in [0.25, 0.3) is 54.9 Å². The number of hydrogen-bond donors (Lipinski definition) is 0. The van der Waals surface area contributed by atoms with Crippen LogP contribution in [0.2, 0.25) is 0 Å². The van der Waals surface area contributed by atoms with Crippen LogP contribution in [0.3, 0.4) is 0 Å². The summed E-state index contributed by atoms with van der Waals surface area (Å²) in [5.41, 5.74) is 6.66. The van der Waals surface area contributed by atoms with Crippen LogP contribution >= 0.6 is 7.14 Å². The van der Waals surface area contributed by atoms with E-state index in [2.05, 4.69) is 76.7 Å². The molecule has 0 radical (unpaired) electrons. The van der Waals surface area contributed by atoms with Crippen LogP contribution < -0.4 is 5.30 Å². The maximum absolute atomic E-state index is 12.8. The first-order valence-corrected chi connectivity index (χ1v) is 14.6. The Balaban J connectivity index is 1.74. The Morgan fingerprint density at radius 1 is 0.528 bits per heavy atom. The molecule has 3 nitrogen and oxygen atoms in total. The third-order valence-corrected chi connectivity index (χ3v) is 8.25. The summed E-state index contributed by atoms with van der Waals surface area (Å²) in [5, 5.41) is 5.57. The molecule has 0 aliphatic heterocycles. The number of fused-ring (bicyclic) bond motifs is 2. The van der Waals surface area contributed by atoms with E-state index in [0.717, 1.165) is 43.9 Å². The van der Waals surface area contributed by atoms with Crippen LogP contribution in [-0.4, -0.2) is 23.3 Å². The summed E-state index contributed by atoms with van der Waals surface area (Å²) < 4.78 is 12.8. The molecule has 0 saturated heterocycles. The van der Waals surface area contributed by atoms with Crippen LogP contribution in [0.1, 0.15) is 0 Å². The molecule has 2 heterocycles. The van der Waals surface area contributed by atoms with Crippen molar-refractivity contribution in [1.82, 2.24) is 9.97 Å². The Morgan fingerprint density at radius 2 is 1.08 bits per heavy atom. The SMILES string of the molecule is CP(C)(=O)c1cccc(-c2ccc3c(-c4cccnc4)c4ccccc4c(-c4cccnc4)c3c2)c1. The molecule has 0 atom stereocenters. The Hall–Kier alpha value is -4.07. The summed E-state index contributed by atoms with van der Waals surface area (Å²) in [5.74, 6) is 0. The molecule has 0 fully saturated rings. The van der Waals surface area contributed by atoms with E-state index in [1.165, 1.54) is 16.3 Å². The highest BCUT2D eigenvalue weighted by Crippen LogP contribution is 2.44. The molecule has 2 aromatic heterocycles. The molecule has 36 heavy (non-hydrogen) atoms. The van der Waals surface area contributed by atoms with E-state index in [0.29, 0.717) is 0 Å². The average Bonchev–Trinajstić information content (AvgIpc) is 2.92. The van der Waals surface area contributed by atoms with Gasteiger partial charge in [0.1, 0.15) is 7.14 Å². The quantitative estimate of drug-likeness (QED) is 0.188. The van der Waals surface area contributed by atoms with Gasteiger partial charge < -0.3 is 4.57 Å². The maximum Gasteiger partial charge on any atom is 0.109 e. The smallest absolute Gasteiger partial charge is 0.109 e. The molecule has 0 saturated carbocycles. The van der Waals surface area contributed by atoms with Gasteiger partial charge in [0.15, 0.2) is 0 Å². The first-order valence-electron chi connectivity index (χ1n) is 12.0. The van der Waals surface area contributed by atoms with Gasteiger partial charge in [-0.15, -0.1) is 0 Å². The summed E-state index contributed by atoms with van der Waals surface area (Å²) in [7, 11) is -2.37. The van der Waals surface area contributed by atoms with Gasteiger partial charge in [0, 0.05) is 41.2 Å². The van der Waals surface area contributed by atoms with Crippen LogP contribution in [0, 0.1) is 0 Å². The van der Waals surface area contributed by atoms with E-state index in [-0.39, 0.29) is 0 Å². The van der Waals surface area contributed by atoms with Crippen molar-refractivity contribution >= 4 is 34.0 Å². The van der Waals surface area contributed by atoms with Crippen molar-refractivity contribution in [2.45, 2.75) is 0 Å². The van der Waals surface area contributed by atoms with E-state index in [4.69, 9.17) is 0 Å². The van der Waals surface area contributed by atoms with Crippen molar-refractivity contribution in [3.63, 3.8) is 0 Å². The van der Waals surface area contributed by atoms with Crippen molar-refractivity contribution in [2.75, 3.05) is 13.3 Å². The van der Waals surface area contributed by atoms with Crippen molar-refractivity contribution in [3.05, 3.63) is 116 Å². The Morgan fingerprint density at radius 3 is 1.67 bits per heavy atom. The summed E-state index contributed by atoms with van der Waals surface area (Å²) in [4.78, 5) is 8.85. The zero-order chi connectivity index (χ0) is 24.7. The lowest BCUT2D eigenvalue weighted by Crippen LogP contribution is -2.02. The summed E-state index contributed by atoms with van der Waals surface area (Å²) in [6.07, 6.45) is 7.48. The molecule has 0 spiro atoms. The van der Waals surface area contributed by atoms with E-state index < -0.39 is 7.14 Å². The lowest BCUT2D eigenvalue weighted by Gasteiger charge is -2.18. The number of aromatic nitrogens is 2. The molecule has 0 N–H and O–H groups in total. The second-order valence-electron chi connectivity index (χ2n) is 9.44. The van der Waals surface area contributed by atoms with E-state index in [1.807, 2.05) is 62.4 Å². The maximum atomic E-state index is 12.8. The second-order valence-corrected chi connectivity index (χ2v) is 12.7. The molecule has 0 aliphatic carbocycles. The first-order chi connectivity index (χ1) is 17.5. The number of benzene rings is 4. The molecule has 0 amide bonds. The summed E-state index contributed by atoms with van der Waals surface area (Å²) in [6.45, 7) is 3.64. The molecule has 6 aromatic rings. The Bertz CT molecular complexity index is 1770. The van der Waals surface area contributed by atoms with Crippen LogP contribution in [0.15, 0.2) is 116 Å². The van der Waals surface area contributed by atoms with Gasteiger partial charge in [-0.05, 0) is 81.4 Å². The minimum Gasteiger partial charge on any atom is -0.319 e. The standard InChI is InChI=1S/C32H25N2OP/c1-36(2,35)26-11-5-8-22(18-26)23-14-15-29-30(19-23)32(25-10-7-17-34-21-25)28-13-4-3-12-27(28)31(29)24-9-6-16-33-20-24/h3-21H,1-2H3. The zero-order valence-electron chi connectivity index (χ0n) is 20.2. The summed E-state index contributed by atoms with van der Waals surface area (Å²) in [6, 6.07) is 31.5. The van der Waals surface area contributed by atoms with E-state index in [1.54, 1.807) is 0 Å². The Kier molecular flexibility index (Phi) is 5.51. The summed E-state index contributed by atoms with van der Waals surface area (Å²) >= 11 is 0. The molecule has 0 unspecified atom stereocenters. The zero-order valence-corrected chi connectivity index (χ0v) is 21.1. The number of pyridine rings is 2. The van der Waals surface area contributed by atoms with Crippen molar-refractivity contribution in [2.24, 2.45) is 0 Å². The van der Waals surface area contributed by atoms with Crippen molar-refractivity contribution in [1.29, 1.82) is 0 Å². The van der Waals surface area contributed by atoms with Crippen molar-refractivity contribution < 1.29 is 4.57 Å². The van der Waals surface area contributed by atoms with Crippen molar-refractivity contribution in [3.8, 4) is 33.4 Å². The fourth-order valence-electron chi connectivity index (χ4n) is 5.02. The number of hydrogen-bond acceptors (Lipinski definition) is 3. The van der Waals surface area contributed by atoms with Crippen LogP contribution in [0.5, 0.6) is 0 Å². The highest BCUT2D eigenvalue weighted by Gasteiger charge is 2.18. The van der Waals surface area contributed by atoms with Gasteiger partial charge in [0.2, 0.25) is 0 Å². The largest absolute Gasteiger partial charge is 0.319 e. The van der Waals surface area contributed by atoms with E-state index in [9.17, 15) is 4.57 Å². The second kappa shape index (κ2) is 8.86. The molecular formula is C32H25N2OP.